The van der Waals surface area contributed by atoms with Crippen molar-refractivity contribution in [3.8, 4) is 11.3 Å². The van der Waals surface area contributed by atoms with Gasteiger partial charge in [-0.15, -0.1) is 30.6 Å². The first-order valence-corrected chi connectivity index (χ1v) is 51.6. The molecule has 0 bridgehead atoms. The van der Waals surface area contributed by atoms with E-state index >= 15 is 0 Å². The molecule has 17 aromatic rings. The Labute approximate surface area is 879 Å². The van der Waals surface area contributed by atoms with Gasteiger partial charge in [-0.3, -0.25) is 0 Å². The maximum atomic E-state index is 8.74. The van der Waals surface area contributed by atoms with Crippen LogP contribution in [-0.2, 0) is 20.4 Å². The molecule has 0 unspecified atom stereocenters. The summed E-state index contributed by atoms with van der Waals surface area (Å²) in [6.45, 7) is 6.52. The van der Waals surface area contributed by atoms with Crippen LogP contribution >= 0.6 is 113 Å². The van der Waals surface area contributed by atoms with Crippen molar-refractivity contribution >= 4 is 218 Å². The molecule has 11 N–H and O–H groups in total. The van der Waals surface area contributed by atoms with Gasteiger partial charge in [0.1, 0.15) is 5.69 Å². The number of nitrogen functional groups attached to an aromatic ring is 3. The minimum atomic E-state index is -1.57. The zero-order valence-corrected chi connectivity index (χ0v) is 87.4. The fraction of sp³-hybridized carbons (Fsp3) is 0.139. The number of likely N-dealkylation sites (N-methyl/N-ethyl adjacent to an activating group) is 4. The van der Waals surface area contributed by atoms with Crippen LogP contribution in [0.3, 0.4) is 0 Å². The smallest absolute Gasteiger partial charge is 0.423 e. The third kappa shape index (κ3) is 39.4. The van der Waals surface area contributed by atoms with Gasteiger partial charge in [0, 0.05) is 71.7 Å². The summed E-state index contributed by atoms with van der Waals surface area (Å²) in [6.07, 6.45) is 2.59. The second-order valence-electron chi connectivity index (χ2n) is 29.4. The summed E-state index contributed by atoms with van der Waals surface area (Å²) < 4.78 is 0. The quantitative estimate of drug-likeness (QED) is 0.0150. The number of rotatable bonds is 25. The van der Waals surface area contributed by atoms with Crippen molar-refractivity contribution in [3.63, 3.8) is 0 Å². The molecule has 3 aromatic heterocycles. The van der Waals surface area contributed by atoms with Crippen LogP contribution in [0.25, 0.3) is 11.3 Å². The zero-order valence-electron chi connectivity index (χ0n) is 76.9. The molecule has 19 nitrogen and oxygen atoms in total. The van der Waals surface area contributed by atoms with E-state index in [0.29, 0.717) is 38.2 Å². The third-order valence-electron chi connectivity index (χ3n) is 19.5. The van der Waals surface area contributed by atoms with E-state index in [-0.39, 0.29) is 78.8 Å². The van der Waals surface area contributed by atoms with Crippen LogP contribution in [0.2, 0.25) is 35.7 Å². The van der Waals surface area contributed by atoms with Crippen LogP contribution in [0.1, 0.15) is 34.6 Å². The van der Waals surface area contributed by atoms with Gasteiger partial charge in [0.25, 0.3) is 0 Å². The maximum absolute atomic E-state index is 8.74. The summed E-state index contributed by atoms with van der Waals surface area (Å²) in [5.41, 5.74) is 17.9. The number of aromatic nitrogens is 9. The van der Waals surface area contributed by atoms with Crippen LogP contribution in [0.5, 0.6) is 0 Å². The molecule has 0 amide bonds. The number of nitrogens with one attached hydrogen (secondary N) is 3. The van der Waals surface area contributed by atoms with Crippen molar-refractivity contribution in [3.05, 3.63) is 436 Å². The largest absolute Gasteiger partial charge is 0.490 e. The van der Waals surface area contributed by atoms with E-state index in [2.05, 4.69) is 432 Å². The van der Waals surface area contributed by atoms with Crippen molar-refractivity contribution in [2.75, 3.05) is 95.0 Å². The van der Waals surface area contributed by atoms with Gasteiger partial charge in [0.05, 0.1) is 20.1 Å². The van der Waals surface area contributed by atoms with Crippen LogP contribution in [0, 0.1) is 0 Å². The molecule has 3 heterocycles. The molecule has 0 aliphatic rings. The molecule has 0 aliphatic heterocycles. The first kappa shape index (κ1) is 118. The summed E-state index contributed by atoms with van der Waals surface area (Å²) >= 11 is 39.7. The molecular weight excluding hydrogens is 2060 g/mol. The van der Waals surface area contributed by atoms with Gasteiger partial charge in [-0.2, -0.15) is 15.0 Å². The van der Waals surface area contributed by atoms with E-state index in [4.69, 9.17) is 108 Å². The zero-order chi connectivity index (χ0) is 97.7. The summed E-state index contributed by atoms with van der Waals surface area (Å²) in [5, 5.41) is 67.4. The molecular formula is C108H117BCl7N17O2P4Pd. The van der Waals surface area contributed by atoms with Gasteiger partial charge in [0.2, 0.25) is 17.2 Å². The van der Waals surface area contributed by atoms with Crippen molar-refractivity contribution < 1.29 is 30.5 Å². The summed E-state index contributed by atoms with van der Waals surface area (Å²) in [5.74, 6) is 1.50. The molecule has 140 heavy (non-hydrogen) atoms. The Bertz CT molecular complexity index is 5390. The molecule has 14 aromatic carbocycles. The van der Waals surface area contributed by atoms with Crippen LogP contribution in [0.15, 0.2) is 400 Å². The number of halogens is 7. The molecule has 0 atom stereocenters. The summed E-state index contributed by atoms with van der Waals surface area (Å²) in [7, 11) is 6.13. The minimum absolute atomic E-state index is 0. The van der Waals surface area contributed by atoms with Crippen molar-refractivity contribution in [2.24, 2.45) is 0 Å². The summed E-state index contributed by atoms with van der Waals surface area (Å²) in [6, 6.07) is 139. The molecule has 32 heteroatoms. The molecule has 0 saturated heterocycles. The Morgan fingerprint density at radius 1 is 0.300 bits per heavy atom. The fourth-order valence-electron chi connectivity index (χ4n) is 12.7. The normalized spacial score (nSPS) is 10.1. The van der Waals surface area contributed by atoms with Gasteiger partial charge < -0.3 is 53.0 Å². The number of benzene rings is 14. The van der Waals surface area contributed by atoms with E-state index in [1.165, 1.54) is 82.6 Å². The van der Waals surface area contributed by atoms with Gasteiger partial charge in [-0.25, -0.2) is 0 Å². The van der Waals surface area contributed by atoms with Gasteiger partial charge in [-0.05, 0) is 153 Å². The number of nitrogens with zero attached hydrogens (tertiary/aromatic N) is 11. The third-order valence-corrected chi connectivity index (χ3v) is 31.6. The monoisotopic (exact) mass is 2170 g/mol. The Kier molecular flexibility index (Phi) is 56.5. The molecule has 0 saturated carbocycles. The van der Waals surface area contributed by atoms with Crippen molar-refractivity contribution in [1.82, 2.24) is 61.5 Å². The average Bonchev–Trinajstić information content (AvgIpc) is 0.625. The van der Waals surface area contributed by atoms with E-state index in [1.54, 1.807) is 30.3 Å². The molecule has 728 valence electrons. The summed E-state index contributed by atoms with van der Waals surface area (Å²) in [4.78, 5) is 15.5. The topological polar surface area (TPSA) is 277 Å². The number of anilines is 5. The Morgan fingerprint density at radius 2 is 0.543 bits per heavy atom. The SMILES string of the molecule is C.C.CCCCNC.CNCCN(C)c1nnc(-c2cccc(Cl)c2Cl)c(N)n1.CNCCN(C)c1nnc(Cl)c(N)n1.Nc1nc(Cl)nnc1Cl.OB(O)c1cccc(Cl)c1Cl.[Pd].c1ccc(P(c2ccccc2)c2ccccc2)cc1.c1ccc(P(c2ccccc2)c2ccccc2)cc1.c1ccc(P(c2ccccc2)c2ccccc2)cc1.c1ccc(P(c2ccccc2)c2ccccc2)cc1. The molecule has 0 radical (unpaired) electrons. The first-order chi connectivity index (χ1) is 66.7. The Morgan fingerprint density at radius 3 is 0.764 bits per heavy atom. The number of unbranched alkanes of at least 4 members (excludes halogenated alkanes) is 1. The van der Waals surface area contributed by atoms with Crippen molar-refractivity contribution in [1.29, 1.82) is 0 Å². The standard InChI is InChI=1S/4C18H15P.C13H16Cl2N6.C7H13ClN6.C6H5BCl2O2.C5H13N.C3H2Cl2N4.2CH4.Pd/c4*1-4-10-16(11-5-1)19(17-12-6-2-7-13-17)18-14-8-3-9-15-18;1-17-6-7-21(2)13-18-12(16)11(19-20-13)8-4-3-5-9(14)10(8)15;1-10-3-4-14(2)7-11-6(9)5(8)12-13-7;8-5-3-1-2-4(6(5)9)7(10)11;1-3-4-5-6-2;4-1-2(6)7-3(5)9-8-1;;;/h4*1-15H;3-5,17H,6-7H2,1-2H3,(H2,16,18,20);10H,3-4H2,1-2H3,(H2,9,11,13);1-3,10-11H;6H,3-5H2,1-2H3;(H2,6,7,9);2*1H4;. The molecule has 0 aliphatic carbocycles. The van der Waals surface area contributed by atoms with Gasteiger partial charge >= 0.3 is 7.12 Å². The van der Waals surface area contributed by atoms with Gasteiger partial charge in [-0.1, -0.05) is 486 Å². The predicted octanol–water partition coefficient (Wildman–Crippen LogP) is 19.3. The number of hydrogen-bond donors (Lipinski definition) is 8. The van der Waals surface area contributed by atoms with E-state index in [9.17, 15) is 0 Å². The van der Waals surface area contributed by atoms with E-state index in [1.807, 2.05) is 45.0 Å². The van der Waals surface area contributed by atoms with Crippen LogP contribution in [0.4, 0.5) is 29.4 Å². The number of hydrogen-bond acceptors (Lipinski definition) is 19. The molecule has 17 rings (SSSR count). The average molecular weight is 2170 g/mol. The second-order valence-corrected chi connectivity index (χ2v) is 40.9. The molecule has 0 fully saturated rings. The van der Waals surface area contributed by atoms with E-state index in [0.717, 1.165) is 32.7 Å². The predicted molar refractivity (Wildman–Crippen MR) is 607 cm³/mol. The van der Waals surface area contributed by atoms with E-state index < -0.39 is 38.8 Å². The van der Waals surface area contributed by atoms with Crippen LogP contribution in [-0.4, -0.2) is 131 Å². The maximum Gasteiger partial charge on any atom is 0.490 e. The minimum Gasteiger partial charge on any atom is -0.423 e. The molecule has 0 spiro atoms. The van der Waals surface area contributed by atoms with Crippen molar-refractivity contribution in [2.45, 2.75) is 34.6 Å². The Balaban J connectivity index is 0.000000245. The Hall–Kier alpha value is -10.6. The fourth-order valence-corrected chi connectivity index (χ4v) is 23.0. The number of nitrogens with two attached hydrogens (primary N) is 3. The van der Waals surface area contributed by atoms with Crippen LogP contribution < -0.4 is 112 Å². The second kappa shape index (κ2) is 67.0. The van der Waals surface area contributed by atoms with Gasteiger partial charge in [0.15, 0.2) is 27.8 Å². The first-order valence-electron chi connectivity index (χ1n) is 43.6.